The lowest BCUT2D eigenvalue weighted by Gasteiger charge is -2.22. The largest absolute Gasteiger partial charge is 0.340 e. The molecule has 0 saturated carbocycles. The molecule has 1 unspecified atom stereocenters. The highest BCUT2D eigenvalue weighted by Crippen LogP contribution is 2.15. The number of aromatic nitrogens is 3. The van der Waals surface area contributed by atoms with E-state index in [2.05, 4.69) is 20.7 Å². The van der Waals surface area contributed by atoms with Gasteiger partial charge in [-0.1, -0.05) is 32.0 Å². The van der Waals surface area contributed by atoms with Crippen molar-refractivity contribution < 1.29 is 9.59 Å². The highest BCUT2D eigenvalue weighted by molar-refractivity contribution is 6.01. The Kier molecular flexibility index (Phi) is 5.84. The minimum absolute atomic E-state index is 0.0672. The number of hydrogen-bond donors (Lipinski definition) is 2. The molecule has 2 N–H and O–H groups in total. The summed E-state index contributed by atoms with van der Waals surface area (Å²) < 4.78 is 1.63. The van der Waals surface area contributed by atoms with Crippen LogP contribution in [0.3, 0.4) is 0 Å². The quantitative estimate of drug-likeness (QED) is 0.691. The number of amides is 2. The SMILES string of the molecule is Cc1ccccc1C(=O)NC(C(=O)Nc1ccc(-n2cncn2)cc1)C(C)C. The summed E-state index contributed by atoms with van der Waals surface area (Å²) in [6, 6.07) is 13.9. The lowest BCUT2D eigenvalue weighted by Crippen LogP contribution is -2.47. The van der Waals surface area contributed by atoms with E-state index in [1.807, 2.05) is 51.1 Å². The van der Waals surface area contributed by atoms with Crippen LogP contribution >= 0.6 is 0 Å². The van der Waals surface area contributed by atoms with Gasteiger partial charge >= 0.3 is 0 Å². The first-order chi connectivity index (χ1) is 13.5. The number of anilines is 1. The molecule has 1 aromatic heterocycles. The minimum Gasteiger partial charge on any atom is -0.340 e. The average Bonchev–Trinajstić information content (AvgIpc) is 3.21. The van der Waals surface area contributed by atoms with Crippen molar-refractivity contribution in [2.45, 2.75) is 26.8 Å². The first-order valence-corrected chi connectivity index (χ1v) is 9.08. The summed E-state index contributed by atoms with van der Waals surface area (Å²) in [6.07, 6.45) is 3.06. The summed E-state index contributed by atoms with van der Waals surface area (Å²) in [5.74, 6) is -0.582. The molecular weight excluding hydrogens is 354 g/mol. The molecule has 0 fully saturated rings. The van der Waals surface area contributed by atoms with Crippen LogP contribution in [0.25, 0.3) is 5.69 Å². The molecule has 2 amide bonds. The normalized spacial score (nSPS) is 11.9. The van der Waals surface area contributed by atoms with Gasteiger partial charge < -0.3 is 10.6 Å². The van der Waals surface area contributed by atoms with Gasteiger partial charge in [0.1, 0.15) is 18.7 Å². The van der Waals surface area contributed by atoms with E-state index in [1.165, 1.54) is 6.33 Å². The zero-order valence-electron chi connectivity index (χ0n) is 16.1. The maximum atomic E-state index is 12.8. The van der Waals surface area contributed by atoms with Gasteiger partial charge in [-0.05, 0) is 48.7 Å². The molecule has 1 heterocycles. The summed E-state index contributed by atoms with van der Waals surface area (Å²) in [6.45, 7) is 5.67. The van der Waals surface area contributed by atoms with Crippen LogP contribution < -0.4 is 10.6 Å². The zero-order chi connectivity index (χ0) is 20.1. The van der Waals surface area contributed by atoms with Crippen molar-refractivity contribution in [2.24, 2.45) is 5.92 Å². The predicted octanol–water partition coefficient (Wildman–Crippen LogP) is 2.97. The fourth-order valence-corrected chi connectivity index (χ4v) is 2.84. The number of benzene rings is 2. The van der Waals surface area contributed by atoms with Crippen LogP contribution in [0.2, 0.25) is 0 Å². The van der Waals surface area contributed by atoms with Crippen molar-refractivity contribution in [1.29, 1.82) is 0 Å². The molecular formula is C21H23N5O2. The fraction of sp³-hybridized carbons (Fsp3) is 0.238. The highest BCUT2D eigenvalue weighted by atomic mass is 16.2. The van der Waals surface area contributed by atoms with Crippen molar-refractivity contribution >= 4 is 17.5 Å². The first kappa shape index (κ1) is 19.3. The van der Waals surface area contributed by atoms with Gasteiger partial charge in [-0.3, -0.25) is 9.59 Å². The van der Waals surface area contributed by atoms with E-state index < -0.39 is 6.04 Å². The third-order valence-electron chi connectivity index (χ3n) is 4.44. The summed E-state index contributed by atoms with van der Waals surface area (Å²) >= 11 is 0. The molecule has 0 aliphatic carbocycles. The minimum atomic E-state index is -0.651. The molecule has 0 radical (unpaired) electrons. The number of hydrogen-bond acceptors (Lipinski definition) is 4. The lowest BCUT2D eigenvalue weighted by atomic mass is 10.0. The van der Waals surface area contributed by atoms with Crippen molar-refractivity contribution in [2.75, 3.05) is 5.32 Å². The second-order valence-electron chi connectivity index (χ2n) is 6.89. The Bertz CT molecular complexity index is 949. The molecule has 0 saturated heterocycles. The van der Waals surface area contributed by atoms with Crippen LogP contribution in [0.4, 0.5) is 5.69 Å². The van der Waals surface area contributed by atoms with E-state index >= 15 is 0 Å². The van der Waals surface area contributed by atoms with E-state index in [0.717, 1.165) is 11.3 Å². The molecule has 28 heavy (non-hydrogen) atoms. The van der Waals surface area contributed by atoms with Crippen molar-refractivity contribution in [3.8, 4) is 5.69 Å². The third-order valence-corrected chi connectivity index (χ3v) is 4.44. The molecule has 3 rings (SSSR count). The predicted molar refractivity (Wildman–Crippen MR) is 107 cm³/mol. The van der Waals surface area contributed by atoms with E-state index in [4.69, 9.17) is 0 Å². The van der Waals surface area contributed by atoms with Crippen LogP contribution in [0.1, 0.15) is 29.8 Å². The van der Waals surface area contributed by atoms with E-state index in [-0.39, 0.29) is 17.7 Å². The Morgan fingerprint density at radius 3 is 2.36 bits per heavy atom. The number of aryl methyl sites for hydroxylation is 1. The standard InChI is InChI=1S/C21H23N5O2/c1-14(2)19(25-20(27)18-7-5-4-6-15(18)3)21(28)24-16-8-10-17(11-9-16)26-13-22-12-23-26/h4-14,19H,1-3H3,(H,24,28)(H,25,27). The van der Waals surface area contributed by atoms with Gasteiger partial charge in [-0.2, -0.15) is 5.10 Å². The van der Waals surface area contributed by atoms with Crippen LogP contribution in [-0.2, 0) is 4.79 Å². The summed E-state index contributed by atoms with van der Waals surface area (Å²) in [5.41, 5.74) is 2.91. The molecule has 7 heteroatoms. The van der Waals surface area contributed by atoms with Crippen LogP contribution in [0, 0.1) is 12.8 Å². The van der Waals surface area contributed by atoms with Gasteiger partial charge in [-0.15, -0.1) is 0 Å². The Morgan fingerprint density at radius 1 is 1.04 bits per heavy atom. The van der Waals surface area contributed by atoms with Gasteiger partial charge in [0.05, 0.1) is 5.69 Å². The molecule has 144 valence electrons. The molecule has 0 bridgehead atoms. The average molecular weight is 377 g/mol. The summed E-state index contributed by atoms with van der Waals surface area (Å²) in [4.78, 5) is 29.3. The Morgan fingerprint density at radius 2 is 1.75 bits per heavy atom. The molecule has 1 atom stereocenters. The molecule has 0 aliphatic heterocycles. The Balaban J connectivity index is 1.69. The summed E-state index contributed by atoms with van der Waals surface area (Å²) in [7, 11) is 0. The second-order valence-corrected chi connectivity index (χ2v) is 6.89. The van der Waals surface area contributed by atoms with Crippen LogP contribution in [0.5, 0.6) is 0 Å². The number of nitrogens with one attached hydrogen (secondary N) is 2. The highest BCUT2D eigenvalue weighted by Gasteiger charge is 2.25. The summed E-state index contributed by atoms with van der Waals surface area (Å²) in [5, 5.41) is 9.79. The van der Waals surface area contributed by atoms with Crippen LogP contribution in [-0.4, -0.2) is 32.6 Å². The number of nitrogens with zero attached hydrogens (tertiary/aromatic N) is 3. The molecule has 3 aromatic rings. The van der Waals surface area contributed by atoms with Crippen LogP contribution in [0.15, 0.2) is 61.2 Å². The second kappa shape index (κ2) is 8.47. The van der Waals surface area contributed by atoms with Crippen molar-refractivity contribution in [3.05, 3.63) is 72.3 Å². The maximum absolute atomic E-state index is 12.8. The Labute approximate surface area is 163 Å². The van der Waals surface area contributed by atoms with E-state index in [1.54, 1.807) is 29.2 Å². The number of carbonyl (C=O) groups is 2. The molecule has 0 aliphatic rings. The molecule has 2 aromatic carbocycles. The Hall–Kier alpha value is -3.48. The van der Waals surface area contributed by atoms with Crippen molar-refractivity contribution in [3.63, 3.8) is 0 Å². The maximum Gasteiger partial charge on any atom is 0.252 e. The van der Waals surface area contributed by atoms with Gasteiger partial charge in [-0.25, -0.2) is 9.67 Å². The van der Waals surface area contributed by atoms with Crippen molar-refractivity contribution in [1.82, 2.24) is 20.1 Å². The number of carbonyl (C=O) groups excluding carboxylic acids is 2. The van der Waals surface area contributed by atoms with E-state index in [9.17, 15) is 9.59 Å². The topological polar surface area (TPSA) is 88.9 Å². The van der Waals surface area contributed by atoms with Gasteiger partial charge in [0.15, 0.2) is 0 Å². The van der Waals surface area contributed by atoms with Gasteiger partial charge in [0, 0.05) is 11.3 Å². The van der Waals surface area contributed by atoms with E-state index in [0.29, 0.717) is 11.3 Å². The smallest absolute Gasteiger partial charge is 0.252 e. The zero-order valence-corrected chi connectivity index (χ0v) is 16.1. The third kappa shape index (κ3) is 4.43. The van der Waals surface area contributed by atoms with Gasteiger partial charge in [0.2, 0.25) is 5.91 Å². The molecule has 7 nitrogen and oxygen atoms in total. The lowest BCUT2D eigenvalue weighted by molar-refractivity contribution is -0.118. The molecule has 0 spiro atoms. The fourth-order valence-electron chi connectivity index (χ4n) is 2.84. The number of rotatable bonds is 6. The monoisotopic (exact) mass is 377 g/mol. The first-order valence-electron chi connectivity index (χ1n) is 9.08. The van der Waals surface area contributed by atoms with Gasteiger partial charge in [0.25, 0.3) is 5.91 Å².